The van der Waals surface area contributed by atoms with Gasteiger partial charge in [-0.25, -0.2) is 8.42 Å². The third-order valence-corrected chi connectivity index (χ3v) is 6.21. The average molecular weight is 289 g/mol. The SMILES string of the molecule is CC1(NC(=O)C2C(C(=O)O)C2(C)C)CCS(=O)(=O)C1. The molecule has 1 saturated heterocycles. The summed E-state index contributed by atoms with van der Waals surface area (Å²) in [7, 11) is -3.09. The molecular weight excluding hydrogens is 270 g/mol. The van der Waals surface area contributed by atoms with Crippen molar-refractivity contribution in [2.24, 2.45) is 17.3 Å². The van der Waals surface area contributed by atoms with Gasteiger partial charge in [-0.1, -0.05) is 13.8 Å². The van der Waals surface area contributed by atoms with Crippen molar-refractivity contribution in [2.45, 2.75) is 32.7 Å². The Kier molecular flexibility index (Phi) is 2.97. The lowest BCUT2D eigenvalue weighted by atomic mass is 10.0. The molecule has 2 aliphatic rings. The molecule has 0 aromatic rings. The van der Waals surface area contributed by atoms with Crippen LogP contribution in [0.25, 0.3) is 0 Å². The van der Waals surface area contributed by atoms with Crippen LogP contribution in [0.4, 0.5) is 0 Å². The number of nitrogens with one attached hydrogen (secondary N) is 1. The van der Waals surface area contributed by atoms with Crippen molar-refractivity contribution in [3.8, 4) is 0 Å². The topological polar surface area (TPSA) is 101 Å². The third-order valence-electron chi connectivity index (χ3n) is 4.30. The van der Waals surface area contributed by atoms with E-state index in [9.17, 15) is 18.0 Å². The van der Waals surface area contributed by atoms with Crippen LogP contribution in [0.15, 0.2) is 0 Å². The van der Waals surface area contributed by atoms with E-state index < -0.39 is 38.6 Å². The number of carbonyl (C=O) groups is 2. The predicted octanol–water partition coefficient (Wildman–Crippen LogP) is 0.0366. The van der Waals surface area contributed by atoms with Gasteiger partial charge in [-0.2, -0.15) is 0 Å². The first-order valence-electron chi connectivity index (χ1n) is 6.24. The third kappa shape index (κ3) is 2.48. The van der Waals surface area contributed by atoms with Crippen LogP contribution in [0, 0.1) is 17.3 Å². The van der Waals surface area contributed by atoms with E-state index in [1.165, 1.54) is 0 Å². The summed E-state index contributed by atoms with van der Waals surface area (Å²) >= 11 is 0. The highest BCUT2D eigenvalue weighted by Gasteiger charge is 2.66. The number of amides is 1. The van der Waals surface area contributed by atoms with Crippen LogP contribution in [0.3, 0.4) is 0 Å². The zero-order valence-corrected chi connectivity index (χ0v) is 12.1. The Bertz CT molecular complexity index is 538. The average Bonchev–Trinajstić information content (AvgIpc) is 2.67. The molecule has 7 heteroatoms. The monoisotopic (exact) mass is 289 g/mol. The summed E-state index contributed by atoms with van der Waals surface area (Å²) in [6, 6.07) is 0. The van der Waals surface area contributed by atoms with Crippen molar-refractivity contribution in [2.75, 3.05) is 11.5 Å². The number of aliphatic carboxylic acids is 1. The van der Waals surface area contributed by atoms with Crippen molar-refractivity contribution in [1.29, 1.82) is 0 Å². The van der Waals surface area contributed by atoms with Gasteiger partial charge in [-0.3, -0.25) is 9.59 Å². The molecule has 1 aliphatic heterocycles. The predicted molar refractivity (Wildman–Crippen MR) is 68.2 cm³/mol. The molecule has 3 unspecified atom stereocenters. The molecule has 1 amide bonds. The highest BCUT2D eigenvalue weighted by Crippen LogP contribution is 2.58. The van der Waals surface area contributed by atoms with Crippen LogP contribution < -0.4 is 5.32 Å². The van der Waals surface area contributed by atoms with E-state index in [1.54, 1.807) is 20.8 Å². The normalized spacial score (nSPS) is 38.7. The standard InChI is InChI=1S/C12H19NO5S/c1-11(2)7(8(11)10(15)16)9(14)13-12(3)4-5-19(17,18)6-12/h7-8H,4-6H2,1-3H3,(H,13,14)(H,15,16). The van der Waals surface area contributed by atoms with Crippen LogP contribution >= 0.6 is 0 Å². The summed E-state index contributed by atoms with van der Waals surface area (Å²) < 4.78 is 22.9. The number of hydrogen-bond acceptors (Lipinski definition) is 4. The van der Waals surface area contributed by atoms with Gasteiger partial charge < -0.3 is 10.4 Å². The molecule has 2 fully saturated rings. The van der Waals surface area contributed by atoms with Gasteiger partial charge >= 0.3 is 5.97 Å². The number of rotatable bonds is 3. The Morgan fingerprint density at radius 1 is 1.21 bits per heavy atom. The highest BCUT2D eigenvalue weighted by atomic mass is 32.2. The van der Waals surface area contributed by atoms with E-state index in [1.807, 2.05) is 0 Å². The second-order valence-electron chi connectivity index (χ2n) is 6.51. The molecular formula is C12H19NO5S. The van der Waals surface area contributed by atoms with Gasteiger partial charge in [0.05, 0.1) is 28.9 Å². The van der Waals surface area contributed by atoms with Gasteiger partial charge in [0.15, 0.2) is 9.84 Å². The fourth-order valence-electron chi connectivity index (χ4n) is 3.07. The van der Waals surface area contributed by atoms with Gasteiger partial charge in [0, 0.05) is 0 Å². The fourth-order valence-corrected chi connectivity index (χ4v) is 5.17. The summed E-state index contributed by atoms with van der Waals surface area (Å²) in [6.45, 7) is 5.17. The van der Waals surface area contributed by atoms with Gasteiger partial charge in [-0.05, 0) is 18.8 Å². The largest absolute Gasteiger partial charge is 0.481 e. The quantitative estimate of drug-likeness (QED) is 0.764. The number of carbonyl (C=O) groups excluding carboxylic acids is 1. The Labute approximate surface area is 112 Å². The maximum Gasteiger partial charge on any atom is 0.307 e. The minimum Gasteiger partial charge on any atom is -0.481 e. The molecule has 3 atom stereocenters. The number of sulfone groups is 1. The van der Waals surface area contributed by atoms with Crippen molar-refractivity contribution in [3.63, 3.8) is 0 Å². The highest BCUT2D eigenvalue weighted by molar-refractivity contribution is 7.91. The maximum absolute atomic E-state index is 12.1. The van der Waals surface area contributed by atoms with Gasteiger partial charge in [-0.15, -0.1) is 0 Å². The Morgan fingerprint density at radius 2 is 1.79 bits per heavy atom. The van der Waals surface area contributed by atoms with E-state index in [-0.39, 0.29) is 17.4 Å². The molecule has 2 N–H and O–H groups in total. The zero-order valence-electron chi connectivity index (χ0n) is 11.3. The summed E-state index contributed by atoms with van der Waals surface area (Å²) in [5, 5.41) is 11.8. The zero-order chi connectivity index (χ0) is 14.6. The first-order chi connectivity index (χ1) is 8.49. The molecule has 108 valence electrons. The fraction of sp³-hybridized carbons (Fsp3) is 0.833. The lowest BCUT2D eigenvalue weighted by molar-refractivity contribution is -0.140. The molecule has 0 spiro atoms. The van der Waals surface area contributed by atoms with Crippen molar-refractivity contribution >= 4 is 21.7 Å². The maximum atomic E-state index is 12.1. The molecule has 2 rings (SSSR count). The van der Waals surface area contributed by atoms with Gasteiger partial charge in [0.25, 0.3) is 0 Å². The molecule has 0 radical (unpaired) electrons. The molecule has 0 aromatic heterocycles. The molecule has 19 heavy (non-hydrogen) atoms. The van der Waals surface area contributed by atoms with Crippen LogP contribution in [0.1, 0.15) is 27.2 Å². The second-order valence-corrected chi connectivity index (χ2v) is 8.69. The van der Waals surface area contributed by atoms with Crippen molar-refractivity contribution in [1.82, 2.24) is 5.32 Å². The summed E-state index contributed by atoms with van der Waals surface area (Å²) in [5.74, 6) is -2.60. The van der Waals surface area contributed by atoms with Gasteiger partial charge in [0.2, 0.25) is 5.91 Å². The Hall–Kier alpha value is -1.11. The molecule has 1 aliphatic carbocycles. The van der Waals surface area contributed by atoms with E-state index in [2.05, 4.69) is 5.32 Å². The lowest BCUT2D eigenvalue weighted by Gasteiger charge is -2.24. The van der Waals surface area contributed by atoms with Crippen molar-refractivity contribution < 1.29 is 23.1 Å². The van der Waals surface area contributed by atoms with Crippen molar-refractivity contribution in [3.05, 3.63) is 0 Å². The first-order valence-corrected chi connectivity index (χ1v) is 8.06. The van der Waals surface area contributed by atoms with Crippen LogP contribution in [0.2, 0.25) is 0 Å². The smallest absolute Gasteiger partial charge is 0.307 e. The second kappa shape index (κ2) is 3.94. The van der Waals surface area contributed by atoms with E-state index in [4.69, 9.17) is 5.11 Å². The van der Waals surface area contributed by atoms with E-state index in [0.29, 0.717) is 6.42 Å². The Balaban J connectivity index is 2.06. The molecule has 0 bridgehead atoms. The summed E-state index contributed by atoms with van der Waals surface area (Å²) in [6.07, 6.45) is 0.381. The number of carboxylic acid groups (broad SMARTS) is 1. The van der Waals surface area contributed by atoms with E-state index >= 15 is 0 Å². The van der Waals surface area contributed by atoms with Gasteiger partial charge in [0.1, 0.15) is 0 Å². The minimum atomic E-state index is -3.09. The molecule has 0 aromatic carbocycles. The number of carboxylic acids is 1. The summed E-state index contributed by atoms with van der Waals surface area (Å²) in [4.78, 5) is 23.2. The van der Waals surface area contributed by atoms with Crippen LogP contribution in [0.5, 0.6) is 0 Å². The van der Waals surface area contributed by atoms with E-state index in [0.717, 1.165) is 0 Å². The first kappa shape index (κ1) is 14.3. The number of hydrogen-bond donors (Lipinski definition) is 2. The summed E-state index contributed by atoms with van der Waals surface area (Å²) in [5.41, 5.74) is -1.33. The molecule has 1 heterocycles. The van der Waals surface area contributed by atoms with Crippen LogP contribution in [-0.2, 0) is 19.4 Å². The minimum absolute atomic E-state index is 0.0696. The molecule has 6 nitrogen and oxygen atoms in total. The Morgan fingerprint density at radius 3 is 2.16 bits per heavy atom. The van der Waals surface area contributed by atoms with Crippen LogP contribution in [-0.4, -0.2) is 42.4 Å². The molecule has 1 saturated carbocycles. The lowest BCUT2D eigenvalue weighted by Crippen LogP contribution is -2.48.